The van der Waals surface area contributed by atoms with Crippen LogP contribution in [0, 0.1) is 56.7 Å². The van der Waals surface area contributed by atoms with Gasteiger partial charge in [-0.05, 0) is 186 Å². The number of nitrogens with one attached hydrogen (secondary N) is 4. The molecule has 6 heterocycles. The fraction of sp³-hybridized carbons (Fsp3) is 0.224. The first kappa shape index (κ1) is 103. The van der Waals surface area contributed by atoms with Crippen molar-refractivity contribution in [1.29, 1.82) is 26.3 Å². The Kier molecular flexibility index (Phi) is 33.6. The third-order valence-corrected chi connectivity index (χ3v) is 28.4. The first-order valence-electron chi connectivity index (χ1n) is 45.1. The number of nitrogens with zero attached hydrogens (tertiary/aromatic N) is 11. The summed E-state index contributed by atoms with van der Waals surface area (Å²) in [6.45, 7) is 24.1. The lowest BCUT2D eigenvalue weighted by atomic mass is 10.1. The number of amides is 2. The minimum atomic E-state index is -3.45. The molecule has 1 aliphatic carbocycles. The molecule has 2 amide bonds. The number of methoxy groups -OCH3 is 4. The summed E-state index contributed by atoms with van der Waals surface area (Å²) >= 11 is 11.1. The molecule has 0 spiro atoms. The van der Waals surface area contributed by atoms with E-state index in [2.05, 4.69) is 85.6 Å². The molecule has 30 nitrogen and oxygen atoms in total. The van der Waals surface area contributed by atoms with Gasteiger partial charge >= 0.3 is 12.2 Å². The molecule has 0 radical (unpaired) electrons. The number of rotatable bonds is 32. The fourth-order valence-electron chi connectivity index (χ4n) is 16.7. The molecular formula is C107H103Cl2N15O15S3. The minimum absolute atomic E-state index is 0.0383. The molecule has 0 unspecified atom stereocenters. The van der Waals surface area contributed by atoms with Gasteiger partial charge in [-0.3, -0.25) is 24.4 Å². The average molecular weight is 2010 g/mol. The molecule has 5 aromatic heterocycles. The highest BCUT2D eigenvalue weighted by Crippen LogP contribution is 2.44. The Labute approximate surface area is 834 Å². The summed E-state index contributed by atoms with van der Waals surface area (Å²) in [5.74, 6) is 4.14. The highest BCUT2D eigenvalue weighted by atomic mass is 35.5. The SMILES string of the molecule is C=Cn1c(-c2ccc(NS(=O)(=O)C3CC3)cc2)c(C#N)c2ccc(OC)cc21.C=Cn1c(-c2ccc(NS(=O)(=O)CCC)cc2)c(C#N)c2ccc(OC)cc21.C=Cn1c(-c2ccc(NS(=O)(=O)CCCCl)cc2)c(C#N)c2ccc(OC)cc21.CCn1c(-c2ccc(N3CCOC3=O)cc2)c(C#N)c2ccc(OC(C)C)cc21.CCn1c(-c2ccc(NC(=O)OCCCl)cc2)c(C#N)c2ccc(OC)cc21. The Morgan fingerprint density at radius 2 is 0.782 bits per heavy atom. The van der Waals surface area contributed by atoms with Gasteiger partial charge in [0.15, 0.2) is 0 Å². The molecule has 2 fully saturated rings. The van der Waals surface area contributed by atoms with Gasteiger partial charge in [-0.1, -0.05) is 87.3 Å². The van der Waals surface area contributed by atoms with Crippen LogP contribution >= 0.6 is 23.2 Å². The Hall–Kier alpha value is -16.1. The van der Waals surface area contributed by atoms with Gasteiger partial charge in [0.25, 0.3) is 0 Å². The molecule has 0 atom stereocenters. The second-order valence-corrected chi connectivity index (χ2v) is 38.9. The van der Waals surface area contributed by atoms with Crippen LogP contribution in [-0.4, -0.2) is 143 Å². The van der Waals surface area contributed by atoms with E-state index in [0.717, 1.165) is 117 Å². The first-order valence-corrected chi connectivity index (χ1v) is 51.1. The fourth-order valence-corrected chi connectivity index (χ4v) is 20.8. The Morgan fingerprint density at radius 3 is 1.11 bits per heavy atom. The quantitative estimate of drug-likeness (QED) is 0.0284. The van der Waals surface area contributed by atoms with E-state index >= 15 is 0 Å². The number of aryl methyl sites for hydroxylation is 2. The summed E-state index contributed by atoms with van der Waals surface area (Å²) in [5.41, 5.74) is 18.0. The van der Waals surface area contributed by atoms with Crippen LogP contribution in [0.3, 0.4) is 0 Å². The Bertz CT molecular complexity index is 7870. The highest BCUT2D eigenvalue weighted by molar-refractivity contribution is 7.93. The maximum atomic E-state index is 12.1. The van der Waals surface area contributed by atoms with Crippen LogP contribution in [-0.2, 0) is 52.6 Å². The van der Waals surface area contributed by atoms with Gasteiger partial charge in [-0.2, -0.15) is 26.3 Å². The molecule has 17 rings (SSSR count). The summed E-state index contributed by atoms with van der Waals surface area (Å²) < 4.78 is 127. The van der Waals surface area contributed by atoms with Crippen molar-refractivity contribution in [3.63, 3.8) is 0 Å². The molecular weight excluding hydrogens is 1900 g/mol. The lowest BCUT2D eigenvalue weighted by molar-refractivity contribution is 0.168. The topological polar surface area (TPSA) is 396 Å². The molecule has 728 valence electrons. The maximum absolute atomic E-state index is 12.1. The van der Waals surface area contributed by atoms with Crippen LogP contribution in [0.15, 0.2) is 232 Å². The van der Waals surface area contributed by atoms with Crippen LogP contribution in [0.2, 0.25) is 0 Å². The molecule has 1 aliphatic heterocycles. The third kappa shape index (κ3) is 22.9. The van der Waals surface area contributed by atoms with Crippen LogP contribution < -0.4 is 48.1 Å². The van der Waals surface area contributed by atoms with Gasteiger partial charge in [0.1, 0.15) is 72.3 Å². The van der Waals surface area contributed by atoms with Crippen molar-refractivity contribution in [2.45, 2.75) is 84.7 Å². The van der Waals surface area contributed by atoms with E-state index in [4.69, 9.17) is 56.4 Å². The lowest BCUT2D eigenvalue weighted by Crippen LogP contribution is -2.23. The first-order chi connectivity index (χ1) is 68.5. The number of anilines is 5. The molecule has 1 saturated carbocycles. The highest BCUT2D eigenvalue weighted by Gasteiger charge is 2.36. The van der Waals surface area contributed by atoms with Gasteiger partial charge in [0.05, 0.1) is 148 Å². The van der Waals surface area contributed by atoms with Crippen molar-refractivity contribution in [2.24, 2.45) is 0 Å². The molecule has 10 aromatic carbocycles. The number of aromatic nitrogens is 5. The third-order valence-electron chi connectivity index (χ3n) is 23.2. The van der Waals surface area contributed by atoms with E-state index in [1.165, 1.54) is 0 Å². The Morgan fingerprint density at radius 1 is 0.451 bits per heavy atom. The van der Waals surface area contributed by atoms with Gasteiger partial charge in [-0.25, -0.2) is 34.8 Å². The standard InChI is InChI=1S/C23H23N3O3.C21H20ClN3O3S.C21H20ClN3O3.C21H19N3O3S.C21H21N3O3S/c1-4-25-21-13-18(29-15(2)3)9-10-19(21)20(14-24)22(25)16-5-7-17(8-6-16)26-11-12-28-23(26)27;1-3-25-20-13-17(28-2)9-10-18(20)19(14-23)21(25)15-5-7-16(8-6-15)24-29(26,27)12-4-11-22;1-3-25-19-12-16(27-2)8-9-17(19)18(13-23)20(25)14-4-6-15(7-5-14)24-21(26)28-11-10-22;1-3-24-20-12-16(27-2)8-11-18(20)19(13-22)21(24)14-4-6-15(7-5-14)23-28(25,26)17-9-10-17;1-4-12-28(25,26)23-16-8-6-15(7-9-16)21-19(14-22)18-11-10-17(27-3)13-20(18)24(21)5-2/h5-10,13,15H,4,11-12H2,1-3H3;3,5-10,13,24H,1,4,11-12H2,2H3;4-9,12H,3,10-11H2,1-2H3,(H,24,26);3-8,11-12,17,23H,1,9-10H2,2H3;5-11,13,23H,2,4,12H2,1,3H3. The number of alkyl halides is 2. The van der Waals surface area contributed by atoms with E-state index in [1.54, 1.807) is 143 Å². The second-order valence-electron chi connectivity index (χ2n) is 32.5. The van der Waals surface area contributed by atoms with Gasteiger partial charge in [0.2, 0.25) is 30.1 Å². The van der Waals surface area contributed by atoms with E-state index < -0.39 is 36.2 Å². The predicted molar refractivity (Wildman–Crippen MR) is 563 cm³/mol. The zero-order valence-electron chi connectivity index (χ0n) is 79.4. The van der Waals surface area contributed by atoms with Crippen LogP contribution in [0.25, 0.3) is 129 Å². The van der Waals surface area contributed by atoms with Gasteiger partial charge < -0.3 is 56.0 Å². The number of benzene rings is 10. The monoisotopic (exact) mass is 2000 g/mol. The molecule has 2 aliphatic rings. The van der Waals surface area contributed by atoms with Crippen molar-refractivity contribution in [3.8, 4) is 115 Å². The smallest absolute Gasteiger partial charge is 0.414 e. The lowest BCUT2D eigenvalue weighted by Gasteiger charge is -2.14. The maximum Gasteiger partial charge on any atom is 0.414 e. The van der Waals surface area contributed by atoms with Gasteiger partial charge in [-0.15, -0.1) is 23.2 Å². The predicted octanol–water partition coefficient (Wildman–Crippen LogP) is 23.2. The van der Waals surface area contributed by atoms with E-state index in [-0.39, 0.29) is 47.3 Å². The van der Waals surface area contributed by atoms with Gasteiger partial charge in [0, 0.05) is 140 Å². The number of ether oxygens (including phenoxy) is 7. The van der Waals surface area contributed by atoms with E-state index in [9.17, 15) is 61.2 Å². The number of sulfonamides is 3. The van der Waals surface area contributed by atoms with E-state index in [0.29, 0.717) is 130 Å². The molecule has 0 bridgehead atoms. The van der Waals surface area contributed by atoms with Crippen molar-refractivity contribution < 1.29 is 68.0 Å². The minimum Gasteiger partial charge on any atom is -0.497 e. The largest absolute Gasteiger partial charge is 0.497 e. The van der Waals surface area contributed by atoms with Crippen molar-refractivity contribution in [1.82, 2.24) is 22.8 Å². The number of carbonyl (C=O) groups excluding carboxylic acids is 2. The van der Waals surface area contributed by atoms with Crippen LogP contribution in [0.4, 0.5) is 38.0 Å². The number of fused-ring (bicyclic) bond motifs is 5. The zero-order chi connectivity index (χ0) is 102. The normalized spacial score (nSPS) is 12.1. The number of hydrogen-bond donors (Lipinski definition) is 4. The number of nitriles is 5. The summed E-state index contributed by atoms with van der Waals surface area (Å²) in [6, 6.07) is 75.5. The molecule has 4 N–H and O–H groups in total. The summed E-state index contributed by atoms with van der Waals surface area (Å²) in [5, 5.41) is 55.5. The number of hydrogen-bond acceptors (Lipinski definition) is 20. The zero-order valence-corrected chi connectivity index (χ0v) is 83.4. The number of halogens is 2. The van der Waals surface area contributed by atoms with Crippen molar-refractivity contribution >= 4 is 167 Å². The average Bonchev–Trinajstić information content (AvgIpc) is 1.62. The van der Waals surface area contributed by atoms with E-state index in [1.807, 2.05) is 163 Å². The molecule has 35 heteroatoms. The molecule has 142 heavy (non-hydrogen) atoms. The summed E-state index contributed by atoms with van der Waals surface area (Å²) in [7, 11) is -3.72. The van der Waals surface area contributed by atoms with Crippen molar-refractivity contribution in [3.05, 3.63) is 260 Å². The van der Waals surface area contributed by atoms with Crippen LogP contribution in [0.5, 0.6) is 28.7 Å². The second kappa shape index (κ2) is 46.1. The summed E-state index contributed by atoms with van der Waals surface area (Å²) in [6.07, 6.45) is 6.49. The number of carbonyl (C=O) groups is 2. The van der Waals surface area contributed by atoms with Crippen molar-refractivity contribution in [2.75, 3.05) is 95.8 Å². The number of cyclic esters (lactones) is 1. The molecule has 15 aromatic rings. The molecule has 1 saturated heterocycles. The Balaban J connectivity index is 0.000000149. The summed E-state index contributed by atoms with van der Waals surface area (Å²) in [4.78, 5) is 25.1. The van der Waals surface area contributed by atoms with Crippen LogP contribution in [0.1, 0.15) is 88.1 Å².